The number of aromatic nitrogens is 2. The molecule has 35 heavy (non-hydrogen) atoms. The molecule has 0 saturated carbocycles. The summed E-state index contributed by atoms with van der Waals surface area (Å²) in [5.74, 6) is 0.538. The van der Waals surface area contributed by atoms with E-state index in [0.717, 1.165) is 64.7 Å². The molecule has 0 bridgehead atoms. The van der Waals surface area contributed by atoms with Gasteiger partial charge in [-0.05, 0) is 80.9 Å². The zero-order valence-electron chi connectivity index (χ0n) is 20.0. The van der Waals surface area contributed by atoms with E-state index in [-0.39, 0.29) is 5.91 Å². The number of carbonyl (C=O) groups is 1. The first-order chi connectivity index (χ1) is 17.1. The highest BCUT2D eigenvalue weighted by atomic mass is 32.1. The van der Waals surface area contributed by atoms with Crippen LogP contribution in [0.1, 0.15) is 41.4 Å². The van der Waals surface area contributed by atoms with Gasteiger partial charge in [0.15, 0.2) is 0 Å². The molecule has 180 valence electrons. The van der Waals surface area contributed by atoms with Crippen molar-refractivity contribution in [3.63, 3.8) is 0 Å². The molecule has 3 heterocycles. The van der Waals surface area contributed by atoms with E-state index in [2.05, 4.69) is 50.5 Å². The number of amides is 1. The molecule has 0 radical (unpaired) electrons. The fourth-order valence-corrected chi connectivity index (χ4v) is 5.28. The van der Waals surface area contributed by atoms with Gasteiger partial charge in [0.05, 0.1) is 24.6 Å². The molecule has 0 aliphatic carbocycles. The highest BCUT2D eigenvalue weighted by Gasteiger charge is 2.17. The van der Waals surface area contributed by atoms with Crippen LogP contribution in [0.15, 0.2) is 59.1 Å². The van der Waals surface area contributed by atoms with Crippen LogP contribution in [0.3, 0.4) is 0 Å². The van der Waals surface area contributed by atoms with E-state index in [9.17, 15) is 4.79 Å². The molecule has 1 saturated heterocycles. The van der Waals surface area contributed by atoms with Crippen molar-refractivity contribution in [2.45, 2.75) is 32.9 Å². The zero-order chi connectivity index (χ0) is 24.2. The van der Waals surface area contributed by atoms with Crippen molar-refractivity contribution < 1.29 is 9.53 Å². The number of hydrogen-bond donors (Lipinski definition) is 1. The van der Waals surface area contributed by atoms with Crippen LogP contribution in [-0.2, 0) is 13.1 Å². The third-order valence-electron chi connectivity index (χ3n) is 6.34. The van der Waals surface area contributed by atoms with Gasteiger partial charge >= 0.3 is 0 Å². The number of hydrogen-bond acceptors (Lipinski definition) is 6. The summed E-state index contributed by atoms with van der Waals surface area (Å²) in [4.78, 5) is 20.4. The monoisotopic (exact) mass is 487 g/mol. The number of carbonyl (C=O) groups excluding carboxylic acids is 1. The minimum absolute atomic E-state index is 0.238. The second-order valence-electron chi connectivity index (χ2n) is 8.66. The SMILES string of the molecule is CCn1cc(C(=O)N/N=C/c2ccc(OC)cc2)c2cc(-c3nc(CN4CCCC4)cs3)ccc21. The summed E-state index contributed by atoms with van der Waals surface area (Å²) in [6.45, 7) is 6.06. The molecule has 2 aromatic heterocycles. The van der Waals surface area contributed by atoms with E-state index in [1.165, 1.54) is 12.8 Å². The van der Waals surface area contributed by atoms with Crippen molar-refractivity contribution in [3.05, 3.63) is 70.9 Å². The molecule has 4 aromatic rings. The van der Waals surface area contributed by atoms with Crippen LogP contribution in [0.25, 0.3) is 21.5 Å². The molecular formula is C27H29N5O2S. The van der Waals surface area contributed by atoms with Gasteiger partial charge in [-0.15, -0.1) is 11.3 Å². The standard InChI is InChI=1S/C27H29N5O2S/c1-3-32-17-24(26(33)30-28-15-19-6-9-22(34-2)10-7-19)23-14-20(8-11-25(23)32)27-29-21(18-35-27)16-31-12-4-5-13-31/h6-11,14-15,17-18H,3-5,12-13,16H2,1-2H3,(H,30,33)/b28-15+. The average Bonchev–Trinajstić information content (AvgIpc) is 3.64. The number of methoxy groups -OCH3 is 1. The summed E-state index contributed by atoms with van der Waals surface area (Å²) < 4.78 is 7.26. The van der Waals surface area contributed by atoms with Gasteiger partial charge in [-0.2, -0.15) is 5.10 Å². The Morgan fingerprint density at radius 1 is 1.20 bits per heavy atom. The van der Waals surface area contributed by atoms with Gasteiger partial charge in [-0.1, -0.05) is 0 Å². The van der Waals surface area contributed by atoms with Crippen LogP contribution in [0.5, 0.6) is 5.75 Å². The molecule has 0 unspecified atom stereocenters. The summed E-state index contributed by atoms with van der Waals surface area (Å²) in [7, 11) is 1.63. The third-order valence-corrected chi connectivity index (χ3v) is 7.29. The molecule has 1 N–H and O–H groups in total. The van der Waals surface area contributed by atoms with Gasteiger partial charge in [0.2, 0.25) is 0 Å². The number of rotatable bonds is 8. The number of ether oxygens (including phenoxy) is 1. The smallest absolute Gasteiger partial charge is 0.273 e. The zero-order valence-corrected chi connectivity index (χ0v) is 20.8. The molecule has 1 amide bonds. The summed E-state index contributed by atoms with van der Waals surface area (Å²) in [5, 5.41) is 8.19. The maximum Gasteiger partial charge on any atom is 0.273 e. The van der Waals surface area contributed by atoms with Gasteiger partial charge < -0.3 is 9.30 Å². The largest absolute Gasteiger partial charge is 0.497 e. The lowest BCUT2D eigenvalue weighted by molar-refractivity contribution is 0.0956. The maximum absolute atomic E-state index is 13.0. The fourth-order valence-electron chi connectivity index (χ4n) is 4.47. The summed E-state index contributed by atoms with van der Waals surface area (Å²) in [5.41, 5.74) is 7.32. The van der Waals surface area contributed by atoms with Crippen molar-refractivity contribution in [1.82, 2.24) is 19.9 Å². The molecule has 1 aliphatic heterocycles. The molecule has 7 nitrogen and oxygen atoms in total. The van der Waals surface area contributed by atoms with Gasteiger partial charge in [-0.25, -0.2) is 10.4 Å². The minimum Gasteiger partial charge on any atom is -0.497 e. The van der Waals surface area contributed by atoms with Crippen LogP contribution in [0, 0.1) is 0 Å². The average molecular weight is 488 g/mol. The molecule has 5 rings (SSSR count). The maximum atomic E-state index is 13.0. The van der Waals surface area contributed by atoms with Crippen LogP contribution < -0.4 is 10.2 Å². The molecule has 0 spiro atoms. The van der Waals surface area contributed by atoms with Crippen LogP contribution in [-0.4, -0.2) is 46.8 Å². The number of thiazole rings is 1. The number of fused-ring (bicyclic) bond motifs is 1. The normalized spacial score (nSPS) is 14.2. The number of nitrogens with zero attached hydrogens (tertiary/aromatic N) is 4. The van der Waals surface area contributed by atoms with Gasteiger partial charge in [-0.3, -0.25) is 9.69 Å². The Bertz CT molecular complexity index is 1350. The van der Waals surface area contributed by atoms with E-state index in [1.807, 2.05) is 30.5 Å². The predicted molar refractivity (Wildman–Crippen MR) is 141 cm³/mol. The number of hydrazone groups is 1. The Kier molecular flexibility index (Phi) is 6.92. The van der Waals surface area contributed by atoms with Crippen LogP contribution in [0.2, 0.25) is 0 Å². The highest BCUT2D eigenvalue weighted by molar-refractivity contribution is 7.13. The first-order valence-corrected chi connectivity index (χ1v) is 12.8. The molecule has 2 aromatic carbocycles. The van der Waals surface area contributed by atoms with E-state index < -0.39 is 0 Å². The fraction of sp³-hybridized carbons (Fsp3) is 0.296. The Morgan fingerprint density at radius 3 is 2.74 bits per heavy atom. The molecular weight excluding hydrogens is 458 g/mol. The van der Waals surface area contributed by atoms with Gasteiger partial charge in [0.25, 0.3) is 5.91 Å². The second-order valence-corrected chi connectivity index (χ2v) is 9.52. The minimum atomic E-state index is -0.238. The Labute approximate surface area is 209 Å². The third kappa shape index (κ3) is 5.13. The first kappa shape index (κ1) is 23.3. The number of benzene rings is 2. The van der Waals surface area contributed by atoms with E-state index in [1.54, 1.807) is 24.7 Å². The predicted octanol–water partition coefficient (Wildman–Crippen LogP) is 5.15. The molecule has 1 fully saturated rings. The lowest BCUT2D eigenvalue weighted by Gasteiger charge is -2.11. The summed E-state index contributed by atoms with van der Waals surface area (Å²) >= 11 is 1.66. The van der Waals surface area contributed by atoms with Crippen molar-refractivity contribution in [2.75, 3.05) is 20.2 Å². The first-order valence-electron chi connectivity index (χ1n) is 11.9. The van der Waals surface area contributed by atoms with Gasteiger partial charge in [0, 0.05) is 41.1 Å². The number of likely N-dealkylation sites (tertiary alicyclic amines) is 1. The lowest BCUT2D eigenvalue weighted by Crippen LogP contribution is -2.18. The van der Waals surface area contributed by atoms with Crippen molar-refractivity contribution in [3.8, 4) is 16.3 Å². The molecule has 8 heteroatoms. The lowest BCUT2D eigenvalue weighted by atomic mass is 10.1. The summed E-state index contributed by atoms with van der Waals surface area (Å²) in [6, 6.07) is 13.7. The topological polar surface area (TPSA) is 71.8 Å². The van der Waals surface area contributed by atoms with E-state index >= 15 is 0 Å². The highest BCUT2D eigenvalue weighted by Crippen LogP contribution is 2.30. The van der Waals surface area contributed by atoms with Crippen molar-refractivity contribution >= 4 is 34.4 Å². The van der Waals surface area contributed by atoms with Crippen LogP contribution in [0.4, 0.5) is 0 Å². The van der Waals surface area contributed by atoms with Crippen molar-refractivity contribution in [2.24, 2.45) is 5.10 Å². The number of nitrogens with one attached hydrogen (secondary N) is 1. The molecule has 1 aliphatic rings. The Morgan fingerprint density at radius 2 is 2.00 bits per heavy atom. The summed E-state index contributed by atoms with van der Waals surface area (Å²) in [6.07, 6.45) is 6.07. The second kappa shape index (κ2) is 10.4. The van der Waals surface area contributed by atoms with Crippen molar-refractivity contribution in [1.29, 1.82) is 0 Å². The number of aryl methyl sites for hydroxylation is 1. The molecule has 0 atom stereocenters. The Balaban J connectivity index is 1.37. The Hall–Kier alpha value is -3.49. The quantitative estimate of drug-likeness (QED) is 0.276. The van der Waals surface area contributed by atoms with Crippen LogP contribution >= 0.6 is 11.3 Å². The van der Waals surface area contributed by atoms with E-state index in [4.69, 9.17) is 9.72 Å². The van der Waals surface area contributed by atoms with Gasteiger partial charge in [0.1, 0.15) is 10.8 Å². The van der Waals surface area contributed by atoms with E-state index in [0.29, 0.717) is 5.56 Å².